The second-order valence-corrected chi connectivity index (χ2v) is 13.7. The Balaban J connectivity index is 1.23. The number of hydrogen-bond donors (Lipinski definition) is 0. The molecular formula is C50H32N2O. The second-order valence-electron chi connectivity index (χ2n) is 13.7. The first-order chi connectivity index (χ1) is 26.3. The number of nitrogens with zero attached hydrogens (tertiary/aromatic N) is 2. The molecule has 0 radical (unpaired) electrons. The fraction of sp³-hybridized carbons (Fsp3) is 0. The van der Waals surface area contributed by atoms with Crippen molar-refractivity contribution in [2.75, 3.05) is 4.90 Å². The van der Waals surface area contributed by atoms with Gasteiger partial charge in [-0.2, -0.15) is 0 Å². The molecule has 0 fully saturated rings. The van der Waals surface area contributed by atoms with E-state index < -0.39 is 0 Å². The van der Waals surface area contributed by atoms with Crippen molar-refractivity contribution in [2.45, 2.75) is 0 Å². The summed E-state index contributed by atoms with van der Waals surface area (Å²) in [6.45, 7) is 0. The van der Waals surface area contributed by atoms with E-state index in [0.717, 1.165) is 50.3 Å². The average Bonchev–Trinajstić information content (AvgIpc) is 3.76. The maximum absolute atomic E-state index is 6.43. The van der Waals surface area contributed by atoms with Crippen LogP contribution in [0.5, 0.6) is 0 Å². The maximum Gasteiger partial charge on any atom is 0.136 e. The summed E-state index contributed by atoms with van der Waals surface area (Å²) >= 11 is 0. The molecule has 0 aliphatic carbocycles. The molecule has 248 valence electrons. The lowest BCUT2D eigenvalue weighted by molar-refractivity contribution is 0.669. The quantitative estimate of drug-likeness (QED) is 0.169. The highest BCUT2D eigenvalue weighted by Crippen LogP contribution is 2.44. The van der Waals surface area contributed by atoms with Crippen LogP contribution in [0, 0.1) is 0 Å². The molecule has 3 heteroatoms. The largest absolute Gasteiger partial charge is 0.456 e. The lowest BCUT2D eigenvalue weighted by Gasteiger charge is -2.26. The molecular weight excluding hydrogens is 645 g/mol. The van der Waals surface area contributed by atoms with Crippen LogP contribution < -0.4 is 4.90 Å². The molecule has 0 bridgehead atoms. The Hall–Kier alpha value is -7.10. The third-order valence-electron chi connectivity index (χ3n) is 10.7. The number of anilines is 3. The van der Waals surface area contributed by atoms with Crippen LogP contribution in [0.25, 0.3) is 82.1 Å². The van der Waals surface area contributed by atoms with Crippen molar-refractivity contribution in [3.63, 3.8) is 0 Å². The van der Waals surface area contributed by atoms with Crippen LogP contribution in [0.1, 0.15) is 0 Å². The topological polar surface area (TPSA) is 21.3 Å². The zero-order valence-corrected chi connectivity index (χ0v) is 28.8. The van der Waals surface area contributed by atoms with Gasteiger partial charge in [0.25, 0.3) is 0 Å². The minimum atomic E-state index is 0.893. The zero-order chi connectivity index (χ0) is 34.9. The first-order valence-electron chi connectivity index (χ1n) is 18.1. The van der Waals surface area contributed by atoms with Gasteiger partial charge in [-0.15, -0.1) is 0 Å². The summed E-state index contributed by atoms with van der Waals surface area (Å²) in [5.41, 5.74) is 11.0. The van der Waals surface area contributed by atoms with Gasteiger partial charge in [-0.25, -0.2) is 0 Å². The van der Waals surface area contributed by atoms with Gasteiger partial charge in [0.15, 0.2) is 0 Å². The van der Waals surface area contributed by atoms with Gasteiger partial charge in [0.1, 0.15) is 11.2 Å². The number of benzene rings is 9. The van der Waals surface area contributed by atoms with Gasteiger partial charge in [-0.05, 0) is 124 Å². The van der Waals surface area contributed by atoms with E-state index in [1.54, 1.807) is 0 Å². The summed E-state index contributed by atoms with van der Waals surface area (Å²) in [6.07, 6.45) is 0. The third kappa shape index (κ3) is 4.68. The molecule has 0 saturated heterocycles. The van der Waals surface area contributed by atoms with Crippen LogP contribution >= 0.6 is 0 Å². The van der Waals surface area contributed by atoms with Crippen molar-refractivity contribution in [3.8, 4) is 16.8 Å². The van der Waals surface area contributed by atoms with Crippen LogP contribution in [0.15, 0.2) is 199 Å². The number of aromatic nitrogens is 1. The monoisotopic (exact) mass is 676 g/mol. The first kappa shape index (κ1) is 29.6. The molecule has 0 aliphatic rings. The van der Waals surface area contributed by atoms with E-state index in [0.29, 0.717) is 0 Å². The molecule has 0 spiro atoms. The van der Waals surface area contributed by atoms with Gasteiger partial charge < -0.3 is 13.9 Å². The van der Waals surface area contributed by atoms with Gasteiger partial charge >= 0.3 is 0 Å². The van der Waals surface area contributed by atoms with Crippen molar-refractivity contribution >= 4 is 82.4 Å². The van der Waals surface area contributed by atoms with Gasteiger partial charge in [-0.1, -0.05) is 103 Å². The standard InChI is InChI=1S/C50H32N2O/c1-4-14-35(15-5-1)51(36-16-6-2-7-17-36)38-25-27-39-44-32-48-46(40-20-10-12-22-47(40)52(48)37-18-8-3-9-19-37)29-34(44)28-43(45(39)31-38)33-24-26-42-41-21-11-13-23-49(41)53-50(42)30-33/h1-32H. The normalized spacial score (nSPS) is 11.8. The maximum atomic E-state index is 6.43. The molecule has 0 saturated carbocycles. The summed E-state index contributed by atoms with van der Waals surface area (Å²) in [4.78, 5) is 2.34. The second kappa shape index (κ2) is 11.7. The number of para-hydroxylation sites is 5. The molecule has 0 atom stereocenters. The Morgan fingerprint density at radius 1 is 0.358 bits per heavy atom. The van der Waals surface area contributed by atoms with Crippen molar-refractivity contribution in [1.82, 2.24) is 4.57 Å². The molecule has 9 aromatic carbocycles. The predicted molar refractivity (Wildman–Crippen MR) is 223 cm³/mol. The van der Waals surface area contributed by atoms with Crippen LogP contribution in [0.4, 0.5) is 17.1 Å². The number of fused-ring (bicyclic) bond motifs is 9. The molecule has 2 aromatic heterocycles. The lowest BCUT2D eigenvalue weighted by atomic mass is 9.91. The van der Waals surface area contributed by atoms with E-state index in [2.05, 4.69) is 191 Å². The molecule has 0 unspecified atom stereocenters. The number of furan rings is 1. The number of rotatable bonds is 5. The third-order valence-corrected chi connectivity index (χ3v) is 10.7. The highest BCUT2D eigenvalue weighted by molar-refractivity contribution is 6.21. The highest BCUT2D eigenvalue weighted by atomic mass is 16.3. The van der Waals surface area contributed by atoms with E-state index in [1.165, 1.54) is 48.9 Å². The van der Waals surface area contributed by atoms with E-state index >= 15 is 0 Å². The molecule has 11 rings (SSSR count). The molecule has 0 N–H and O–H groups in total. The Bertz CT molecular complexity index is 3120. The Labute approximate surface area is 306 Å². The van der Waals surface area contributed by atoms with Crippen LogP contribution in [-0.2, 0) is 0 Å². The van der Waals surface area contributed by atoms with Gasteiger partial charge in [-0.3, -0.25) is 0 Å². The van der Waals surface area contributed by atoms with Crippen molar-refractivity contribution in [2.24, 2.45) is 0 Å². The average molecular weight is 677 g/mol. The minimum Gasteiger partial charge on any atom is -0.456 e. The van der Waals surface area contributed by atoms with Crippen LogP contribution in [0.3, 0.4) is 0 Å². The van der Waals surface area contributed by atoms with Crippen molar-refractivity contribution in [3.05, 3.63) is 194 Å². The van der Waals surface area contributed by atoms with E-state index in [9.17, 15) is 0 Å². The smallest absolute Gasteiger partial charge is 0.136 e. The molecule has 53 heavy (non-hydrogen) atoms. The predicted octanol–water partition coefficient (Wildman–Crippen LogP) is 14.1. The Morgan fingerprint density at radius 3 is 1.77 bits per heavy atom. The fourth-order valence-electron chi connectivity index (χ4n) is 8.34. The first-order valence-corrected chi connectivity index (χ1v) is 18.1. The van der Waals surface area contributed by atoms with Gasteiger partial charge in [0, 0.05) is 44.3 Å². The fourth-order valence-corrected chi connectivity index (χ4v) is 8.34. The van der Waals surface area contributed by atoms with E-state index in [-0.39, 0.29) is 0 Å². The van der Waals surface area contributed by atoms with Crippen LogP contribution in [-0.4, -0.2) is 4.57 Å². The highest BCUT2D eigenvalue weighted by Gasteiger charge is 2.19. The van der Waals surface area contributed by atoms with Gasteiger partial charge in [0.2, 0.25) is 0 Å². The van der Waals surface area contributed by atoms with E-state index in [1.807, 2.05) is 12.1 Å². The Morgan fingerprint density at radius 2 is 1.00 bits per heavy atom. The molecule has 0 aliphatic heterocycles. The molecule has 0 amide bonds. The van der Waals surface area contributed by atoms with Crippen LogP contribution in [0.2, 0.25) is 0 Å². The number of hydrogen-bond acceptors (Lipinski definition) is 2. The van der Waals surface area contributed by atoms with Gasteiger partial charge in [0.05, 0.1) is 11.0 Å². The Kier molecular flexibility index (Phi) is 6.55. The summed E-state index contributed by atoms with van der Waals surface area (Å²) in [5, 5.41) is 9.57. The molecule has 11 aromatic rings. The summed E-state index contributed by atoms with van der Waals surface area (Å²) in [5.74, 6) is 0. The van der Waals surface area contributed by atoms with E-state index in [4.69, 9.17) is 4.42 Å². The molecule has 2 heterocycles. The molecule has 3 nitrogen and oxygen atoms in total. The minimum absolute atomic E-state index is 0.893. The SMILES string of the molecule is c1ccc(N(c2ccccc2)c2ccc3c(c2)c(-c2ccc4c(c2)oc2ccccc24)cc2cc4c5ccccc5n(-c5ccccc5)c4cc23)cc1. The summed E-state index contributed by atoms with van der Waals surface area (Å²) in [7, 11) is 0. The lowest BCUT2D eigenvalue weighted by Crippen LogP contribution is -2.09. The summed E-state index contributed by atoms with van der Waals surface area (Å²) in [6, 6.07) is 69.8. The zero-order valence-electron chi connectivity index (χ0n) is 28.8. The van der Waals surface area contributed by atoms with Crippen molar-refractivity contribution < 1.29 is 4.42 Å². The van der Waals surface area contributed by atoms with Crippen molar-refractivity contribution in [1.29, 1.82) is 0 Å². The summed E-state index contributed by atoms with van der Waals surface area (Å²) < 4.78 is 8.83.